The maximum absolute atomic E-state index is 6.73. The molecule has 11 rings (SSSR count). The van der Waals surface area contributed by atoms with E-state index in [1.54, 1.807) is 0 Å². The molecule has 49 heavy (non-hydrogen) atoms. The molecule has 1 aromatic heterocycles. The Balaban J connectivity index is 1.15. The van der Waals surface area contributed by atoms with Crippen LogP contribution in [0.2, 0.25) is 0 Å². The largest absolute Gasteiger partial charge is 0.455 e. The SMILES string of the molecule is c1ccc2cc(-c3ccc4ccc5c(-c6cccc7oc8c(-c9ccc%10ccccc%10c9)cccc8c67)ccc6ccc3c4c65)ccc2c1. The van der Waals surface area contributed by atoms with Crippen molar-refractivity contribution in [2.45, 2.75) is 0 Å². The van der Waals surface area contributed by atoms with Crippen LogP contribution in [-0.4, -0.2) is 0 Å². The van der Waals surface area contributed by atoms with Gasteiger partial charge in [0.15, 0.2) is 0 Å². The molecule has 0 spiro atoms. The van der Waals surface area contributed by atoms with E-state index in [0.717, 1.165) is 33.1 Å². The predicted octanol–water partition coefficient (Wildman–Crippen LogP) is 13.8. The maximum atomic E-state index is 6.73. The normalized spacial score (nSPS) is 12.1. The summed E-state index contributed by atoms with van der Waals surface area (Å²) in [5.74, 6) is 0. The van der Waals surface area contributed by atoms with Crippen molar-refractivity contribution in [1.82, 2.24) is 0 Å². The molecule has 0 amide bonds. The third kappa shape index (κ3) is 3.87. The number of rotatable bonds is 3. The van der Waals surface area contributed by atoms with E-state index in [1.165, 1.54) is 76.1 Å². The van der Waals surface area contributed by atoms with Crippen LogP contribution in [0.5, 0.6) is 0 Å². The van der Waals surface area contributed by atoms with Crippen molar-refractivity contribution in [2.24, 2.45) is 0 Å². The van der Waals surface area contributed by atoms with Gasteiger partial charge in [-0.15, -0.1) is 0 Å². The molecule has 0 bridgehead atoms. The van der Waals surface area contributed by atoms with Crippen molar-refractivity contribution >= 4 is 75.8 Å². The van der Waals surface area contributed by atoms with E-state index >= 15 is 0 Å². The van der Waals surface area contributed by atoms with Gasteiger partial charge < -0.3 is 4.42 Å². The van der Waals surface area contributed by atoms with E-state index < -0.39 is 0 Å². The molecule has 1 heterocycles. The lowest BCUT2D eigenvalue weighted by molar-refractivity contribution is 0.670. The molecular formula is C48H28O. The molecule has 0 unspecified atom stereocenters. The molecule has 0 aliphatic heterocycles. The van der Waals surface area contributed by atoms with E-state index in [9.17, 15) is 0 Å². The molecule has 0 radical (unpaired) electrons. The summed E-state index contributed by atoms with van der Waals surface area (Å²) < 4.78 is 6.73. The van der Waals surface area contributed by atoms with Crippen molar-refractivity contribution in [2.75, 3.05) is 0 Å². The van der Waals surface area contributed by atoms with Gasteiger partial charge in [-0.3, -0.25) is 0 Å². The average Bonchev–Trinajstić information content (AvgIpc) is 3.56. The molecular weight excluding hydrogens is 593 g/mol. The molecule has 226 valence electrons. The molecule has 10 aromatic carbocycles. The Labute approximate surface area is 282 Å². The molecule has 0 saturated carbocycles. The number of furan rings is 1. The van der Waals surface area contributed by atoms with Crippen molar-refractivity contribution in [1.29, 1.82) is 0 Å². The van der Waals surface area contributed by atoms with E-state index in [2.05, 4.69) is 170 Å². The van der Waals surface area contributed by atoms with Crippen LogP contribution in [0.15, 0.2) is 174 Å². The zero-order valence-corrected chi connectivity index (χ0v) is 26.6. The van der Waals surface area contributed by atoms with Gasteiger partial charge in [0.2, 0.25) is 0 Å². The Morgan fingerprint density at radius 2 is 0.816 bits per heavy atom. The van der Waals surface area contributed by atoms with Crippen LogP contribution >= 0.6 is 0 Å². The second kappa shape index (κ2) is 10.0. The van der Waals surface area contributed by atoms with E-state index in [1.807, 2.05) is 0 Å². The fourth-order valence-electron chi connectivity index (χ4n) is 8.30. The highest BCUT2D eigenvalue weighted by molar-refractivity contribution is 6.29. The second-order valence-electron chi connectivity index (χ2n) is 13.2. The lowest BCUT2D eigenvalue weighted by Gasteiger charge is -2.17. The van der Waals surface area contributed by atoms with Crippen LogP contribution in [0.3, 0.4) is 0 Å². The van der Waals surface area contributed by atoms with Crippen LogP contribution in [0.1, 0.15) is 0 Å². The van der Waals surface area contributed by atoms with Gasteiger partial charge in [0.25, 0.3) is 0 Å². The van der Waals surface area contributed by atoms with Crippen LogP contribution in [0.25, 0.3) is 109 Å². The summed E-state index contributed by atoms with van der Waals surface area (Å²) in [7, 11) is 0. The van der Waals surface area contributed by atoms with Crippen molar-refractivity contribution in [3.63, 3.8) is 0 Å². The van der Waals surface area contributed by atoms with Crippen LogP contribution in [0.4, 0.5) is 0 Å². The zero-order valence-electron chi connectivity index (χ0n) is 26.6. The van der Waals surface area contributed by atoms with Gasteiger partial charge in [-0.05, 0) is 99.9 Å². The third-order valence-corrected chi connectivity index (χ3v) is 10.6. The highest BCUT2D eigenvalue weighted by Crippen LogP contribution is 2.46. The summed E-state index contributed by atoms with van der Waals surface area (Å²) in [5.41, 5.74) is 9.04. The number of benzene rings is 10. The maximum Gasteiger partial charge on any atom is 0.143 e. The lowest BCUT2D eigenvalue weighted by Crippen LogP contribution is -1.90. The van der Waals surface area contributed by atoms with Crippen molar-refractivity contribution in [3.05, 3.63) is 170 Å². The van der Waals surface area contributed by atoms with E-state index in [4.69, 9.17) is 4.42 Å². The van der Waals surface area contributed by atoms with Gasteiger partial charge in [0, 0.05) is 16.3 Å². The molecule has 1 heteroatoms. The summed E-state index contributed by atoms with van der Waals surface area (Å²) >= 11 is 0. The smallest absolute Gasteiger partial charge is 0.143 e. The Hall–Kier alpha value is -6.44. The first-order valence-corrected chi connectivity index (χ1v) is 16.9. The highest BCUT2D eigenvalue weighted by atomic mass is 16.3. The predicted molar refractivity (Wildman–Crippen MR) is 209 cm³/mol. The van der Waals surface area contributed by atoms with Crippen LogP contribution in [0, 0.1) is 0 Å². The average molecular weight is 621 g/mol. The van der Waals surface area contributed by atoms with E-state index in [0.29, 0.717) is 0 Å². The fraction of sp³-hybridized carbons (Fsp3) is 0. The third-order valence-electron chi connectivity index (χ3n) is 10.6. The monoisotopic (exact) mass is 620 g/mol. The zero-order chi connectivity index (χ0) is 32.1. The minimum atomic E-state index is 0.907. The van der Waals surface area contributed by atoms with Crippen molar-refractivity contribution in [3.8, 4) is 33.4 Å². The Morgan fingerprint density at radius 1 is 0.286 bits per heavy atom. The molecule has 11 aromatic rings. The highest BCUT2D eigenvalue weighted by Gasteiger charge is 2.19. The van der Waals surface area contributed by atoms with Gasteiger partial charge >= 0.3 is 0 Å². The summed E-state index contributed by atoms with van der Waals surface area (Å²) in [6, 6.07) is 62.1. The molecule has 0 N–H and O–H groups in total. The topological polar surface area (TPSA) is 13.1 Å². The Morgan fingerprint density at radius 3 is 1.51 bits per heavy atom. The van der Waals surface area contributed by atoms with Crippen LogP contribution in [-0.2, 0) is 0 Å². The first-order valence-electron chi connectivity index (χ1n) is 16.9. The van der Waals surface area contributed by atoms with Crippen molar-refractivity contribution < 1.29 is 4.42 Å². The minimum absolute atomic E-state index is 0.907. The fourth-order valence-corrected chi connectivity index (χ4v) is 8.30. The Bertz CT molecular complexity index is 3100. The first-order chi connectivity index (χ1) is 24.3. The van der Waals surface area contributed by atoms with Gasteiger partial charge in [-0.2, -0.15) is 0 Å². The molecule has 0 aliphatic carbocycles. The van der Waals surface area contributed by atoms with Gasteiger partial charge in [-0.25, -0.2) is 0 Å². The quantitative estimate of drug-likeness (QED) is 0.179. The number of fused-ring (bicyclic) bond motifs is 5. The number of para-hydroxylation sites is 1. The van der Waals surface area contributed by atoms with Gasteiger partial charge in [0.1, 0.15) is 11.2 Å². The first kappa shape index (κ1) is 26.6. The number of hydrogen-bond acceptors (Lipinski definition) is 1. The summed E-state index contributed by atoms with van der Waals surface area (Å²) in [6.45, 7) is 0. The van der Waals surface area contributed by atoms with Gasteiger partial charge in [-0.1, -0.05) is 152 Å². The molecule has 0 fully saturated rings. The second-order valence-corrected chi connectivity index (χ2v) is 13.2. The summed E-state index contributed by atoms with van der Waals surface area (Å²) in [6.07, 6.45) is 0. The van der Waals surface area contributed by atoms with Crippen LogP contribution < -0.4 is 0 Å². The molecule has 0 saturated heterocycles. The molecule has 0 atom stereocenters. The minimum Gasteiger partial charge on any atom is -0.455 e. The van der Waals surface area contributed by atoms with Gasteiger partial charge in [0.05, 0.1) is 0 Å². The van der Waals surface area contributed by atoms with E-state index in [-0.39, 0.29) is 0 Å². The lowest BCUT2D eigenvalue weighted by atomic mass is 9.86. The molecule has 1 nitrogen and oxygen atoms in total. The molecule has 0 aliphatic rings. The standard InChI is InChI=1S/C48H28O/c1-3-9-33-27-35(17-15-29(33)7-1)37-23-19-31-22-26-42-39(24-20-32-21-25-41(37)45(31)46(32)42)40-12-6-14-44-47(40)43-13-5-11-38(48(43)49-44)36-18-16-30-8-2-4-10-34(30)28-36/h1-28H. The number of hydrogen-bond donors (Lipinski definition) is 0. The summed E-state index contributed by atoms with van der Waals surface area (Å²) in [4.78, 5) is 0. The Kier molecular flexibility index (Phi) is 5.45. The summed E-state index contributed by atoms with van der Waals surface area (Å²) in [5, 5.41) is 15.0.